The fourth-order valence-electron chi connectivity index (χ4n) is 2.61. The summed E-state index contributed by atoms with van der Waals surface area (Å²) in [4.78, 5) is 14.0. The first-order valence-corrected chi connectivity index (χ1v) is 7.81. The number of hydrogen-bond donors (Lipinski definition) is 1. The molecule has 1 amide bonds. The van der Waals surface area contributed by atoms with E-state index in [-0.39, 0.29) is 5.91 Å². The SMILES string of the molecule is CCCC(=O)NC1CCN(Cc2ccc(Cl)cc2)CC1. The topological polar surface area (TPSA) is 32.3 Å². The lowest BCUT2D eigenvalue weighted by molar-refractivity contribution is -0.122. The molecule has 1 fully saturated rings. The van der Waals surface area contributed by atoms with E-state index < -0.39 is 0 Å². The summed E-state index contributed by atoms with van der Waals surface area (Å²) in [6.07, 6.45) is 3.65. The Labute approximate surface area is 126 Å². The smallest absolute Gasteiger partial charge is 0.220 e. The Balaban J connectivity index is 1.74. The van der Waals surface area contributed by atoms with Gasteiger partial charge in [0.25, 0.3) is 0 Å². The Bertz CT molecular complexity index is 425. The van der Waals surface area contributed by atoms with Gasteiger partial charge in [0, 0.05) is 37.1 Å². The highest BCUT2D eigenvalue weighted by atomic mass is 35.5. The average molecular weight is 295 g/mol. The minimum atomic E-state index is 0.198. The lowest BCUT2D eigenvalue weighted by atomic mass is 10.0. The molecule has 1 aliphatic rings. The van der Waals surface area contributed by atoms with Gasteiger partial charge in [-0.2, -0.15) is 0 Å². The van der Waals surface area contributed by atoms with Crippen LogP contribution in [-0.4, -0.2) is 29.9 Å². The lowest BCUT2D eigenvalue weighted by Crippen LogP contribution is -2.44. The number of carbonyl (C=O) groups excluding carboxylic acids is 1. The van der Waals surface area contributed by atoms with Crippen LogP contribution in [0.5, 0.6) is 0 Å². The Morgan fingerprint density at radius 3 is 2.55 bits per heavy atom. The molecule has 1 aromatic carbocycles. The number of nitrogens with one attached hydrogen (secondary N) is 1. The van der Waals surface area contributed by atoms with Crippen LogP contribution in [0.1, 0.15) is 38.2 Å². The fourth-order valence-corrected chi connectivity index (χ4v) is 2.74. The number of nitrogens with zero attached hydrogens (tertiary/aromatic N) is 1. The Hall–Kier alpha value is -1.06. The second-order valence-electron chi connectivity index (χ2n) is 5.49. The van der Waals surface area contributed by atoms with E-state index in [4.69, 9.17) is 11.6 Å². The molecule has 20 heavy (non-hydrogen) atoms. The Morgan fingerprint density at radius 2 is 1.95 bits per heavy atom. The highest BCUT2D eigenvalue weighted by Gasteiger charge is 2.20. The van der Waals surface area contributed by atoms with Crippen LogP contribution in [0.25, 0.3) is 0 Å². The first-order valence-electron chi connectivity index (χ1n) is 7.43. The van der Waals surface area contributed by atoms with E-state index in [0.717, 1.165) is 43.9 Å². The predicted octanol–water partition coefficient (Wildman–Crippen LogP) is 3.22. The minimum Gasteiger partial charge on any atom is -0.353 e. The summed E-state index contributed by atoms with van der Waals surface area (Å²) < 4.78 is 0. The maximum atomic E-state index is 11.6. The van der Waals surface area contributed by atoms with Gasteiger partial charge in [-0.05, 0) is 37.0 Å². The molecule has 0 saturated carbocycles. The van der Waals surface area contributed by atoms with Crippen LogP contribution in [0.4, 0.5) is 0 Å². The fraction of sp³-hybridized carbons (Fsp3) is 0.562. The second kappa shape index (κ2) is 7.65. The van der Waals surface area contributed by atoms with Crippen molar-refractivity contribution in [1.29, 1.82) is 0 Å². The van der Waals surface area contributed by atoms with Gasteiger partial charge >= 0.3 is 0 Å². The zero-order valence-corrected chi connectivity index (χ0v) is 12.8. The maximum Gasteiger partial charge on any atom is 0.220 e. The van der Waals surface area contributed by atoms with Crippen LogP contribution < -0.4 is 5.32 Å². The van der Waals surface area contributed by atoms with Gasteiger partial charge in [-0.1, -0.05) is 30.7 Å². The maximum absolute atomic E-state index is 11.6. The van der Waals surface area contributed by atoms with Gasteiger partial charge < -0.3 is 5.32 Å². The molecule has 1 heterocycles. The van der Waals surface area contributed by atoms with E-state index >= 15 is 0 Å². The number of halogens is 1. The second-order valence-corrected chi connectivity index (χ2v) is 5.93. The van der Waals surface area contributed by atoms with Crippen LogP contribution in [0.15, 0.2) is 24.3 Å². The van der Waals surface area contributed by atoms with E-state index in [2.05, 4.69) is 22.3 Å². The summed E-state index contributed by atoms with van der Waals surface area (Å²) in [5, 5.41) is 3.91. The van der Waals surface area contributed by atoms with Gasteiger partial charge in [0.15, 0.2) is 0 Å². The number of amides is 1. The lowest BCUT2D eigenvalue weighted by Gasteiger charge is -2.32. The van der Waals surface area contributed by atoms with E-state index in [1.54, 1.807) is 0 Å². The van der Waals surface area contributed by atoms with Crippen molar-refractivity contribution >= 4 is 17.5 Å². The molecule has 0 atom stereocenters. The molecule has 4 heteroatoms. The summed E-state index contributed by atoms with van der Waals surface area (Å²) in [6.45, 7) is 5.08. The predicted molar refractivity (Wildman–Crippen MR) is 82.8 cm³/mol. The molecule has 0 bridgehead atoms. The third-order valence-corrected chi connectivity index (χ3v) is 4.00. The zero-order valence-electron chi connectivity index (χ0n) is 12.1. The molecular formula is C16H23ClN2O. The largest absolute Gasteiger partial charge is 0.353 e. The van der Waals surface area contributed by atoms with Crippen molar-refractivity contribution in [3.05, 3.63) is 34.9 Å². The van der Waals surface area contributed by atoms with Crippen molar-refractivity contribution < 1.29 is 4.79 Å². The van der Waals surface area contributed by atoms with Crippen molar-refractivity contribution in [2.45, 2.75) is 45.2 Å². The van der Waals surface area contributed by atoms with Crippen LogP contribution in [0.2, 0.25) is 5.02 Å². The molecule has 0 aromatic heterocycles. The van der Waals surface area contributed by atoms with Gasteiger partial charge in [0.05, 0.1) is 0 Å². The standard InChI is InChI=1S/C16H23ClN2O/c1-2-3-16(20)18-15-8-10-19(11-9-15)12-13-4-6-14(17)7-5-13/h4-7,15H,2-3,8-12H2,1H3,(H,18,20). The monoisotopic (exact) mass is 294 g/mol. The number of carbonyl (C=O) groups is 1. The van der Waals surface area contributed by atoms with Gasteiger partial charge in [0.2, 0.25) is 5.91 Å². The number of likely N-dealkylation sites (tertiary alicyclic amines) is 1. The van der Waals surface area contributed by atoms with Crippen LogP contribution in [-0.2, 0) is 11.3 Å². The third-order valence-electron chi connectivity index (χ3n) is 3.75. The number of rotatable bonds is 5. The number of hydrogen-bond acceptors (Lipinski definition) is 2. The molecule has 0 radical (unpaired) electrons. The summed E-state index contributed by atoms with van der Waals surface area (Å²) in [5.74, 6) is 0.198. The molecule has 1 aromatic rings. The Kier molecular flexibility index (Phi) is 5.86. The van der Waals surface area contributed by atoms with Crippen molar-refractivity contribution in [3.8, 4) is 0 Å². The normalized spacial score (nSPS) is 17.1. The molecular weight excluding hydrogens is 272 g/mol. The molecule has 2 rings (SSSR count). The summed E-state index contributed by atoms with van der Waals surface area (Å²) in [5.41, 5.74) is 1.29. The number of benzene rings is 1. The first kappa shape index (κ1) is 15.3. The highest BCUT2D eigenvalue weighted by Crippen LogP contribution is 2.16. The first-order chi connectivity index (χ1) is 9.67. The molecule has 0 aliphatic carbocycles. The van der Waals surface area contributed by atoms with Crippen LogP contribution >= 0.6 is 11.6 Å². The molecule has 3 nitrogen and oxygen atoms in total. The molecule has 0 spiro atoms. The van der Waals surface area contributed by atoms with Crippen molar-refractivity contribution in [1.82, 2.24) is 10.2 Å². The van der Waals surface area contributed by atoms with Crippen molar-refractivity contribution in [2.75, 3.05) is 13.1 Å². The zero-order chi connectivity index (χ0) is 14.4. The van der Waals surface area contributed by atoms with E-state index in [1.165, 1.54) is 5.56 Å². The van der Waals surface area contributed by atoms with E-state index in [1.807, 2.05) is 19.1 Å². The highest BCUT2D eigenvalue weighted by molar-refractivity contribution is 6.30. The van der Waals surface area contributed by atoms with Gasteiger partial charge in [-0.3, -0.25) is 9.69 Å². The third kappa shape index (κ3) is 4.80. The summed E-state index contributed by atoms with van der Waals surface area (Å²) >= 11 is 5.89. The van der Waals surface area contributed by atoms with E-state index in [0.29, 0.717) is 12.5 Å². The van der Waals surface area contributed by atoms with Crippen LogP contribution in [0.3, 0.4) is 0 Å². The van der Waals surface area contributed by atoms with Crippen molar-refractivity contribution in [2.24, 2.45) is 0 Å². The van der Waals surface area contributed by atoms with Gasteiger partial charge in [-0.15, -0.1) is 0 Å². The quantitative estimate of drug-likeness (QED) is 0.904. The summed E-state index contributed by atoms with van der Waals surface area (Å²) in [7, 11) is 0. The Morgan fingerprint density at radius 1 is 1.30 bits per heavy atom. The molecule has 0 unspecified atom stereocenters. The minimum absolute atomic E-state index is 0.198. The molecule has 1 N–H and O–H groups in total. The summed E-state index contributed by atoms with van der Waals surface area (Å²) in [6, 6.07) is 8.40. The van der Waals surface area contributed by atoms with E-state index in [9.17, 15) is 4.79 Å². The van der Waals surface area contributed by atoms with Crippen LogP contribution in [0, 0.1) is 0 Å². The average Bonchev–Trinajstić information content (AvgIpc) is 2.44. The number of piperidine rings is 1. The van der Waals surface area contributed by atoms with Gasteiger partial charge in [-0.25, -0.2) is 0 Å². The molecule has 110 valence electrons. The molecule has 1 aliphatic heterocycles. The van der Waals surface area contributed by atoms with Crippen molar-refractivity contribution in [3.63, 3.8) is 0 Å². The van der Waals surface area contributed by atoms with Gasteiger partial charge in [0.1, 0.15) is 0 Å². The molecule has 1 saturated heterocycles.